The lowest BCUT2D eigenvalue weighted by Crippen LogP contribution is -2.48. The van der Waals surface area contributed by atoms with E-state index in [-0.39, 0.29) is 29.7 Å². The standard InChI is InChI=1S/C10H14O5S/c1-4-5-6(13-9(16)11-4)7-8(12-5)15-10(2,3)14-7/h4-8H,1-3H3/t4-,5-,6+,7-,8-/m1/s1. The second-order valence-corrected chi connectivity index (χ2v) is 5.06. The third-order valence-corrected chi connectivity index (χ3v) is 3.20. The first kappa shape index (κ1) is 10.7. The van der Waals surface area contributed by atoms with Crippen LogP contribution in [0.5, 0.6) is 0 Å². The summed E-state index contributed by atoms with van der Waals surface area (Å²) in [7, 11) is 0. The lowest BCUT2D eigenvalue weighted by atomic mass is 10.1. The number of rotatable bonds is 0. The Kier molecular flexibility index (Phi) is 2.20. The molecule has 5 atom stereocenters. The number of ether oxygens (including phenoxy) is 5. The van der Waals surface area contributed by atoms with Gasteiger partial charge in [-0.25, -0.2) is 0 Å². The molecule has 0 aliphatic carbocycles. The van der Waals surface area contributed by atoms with Crippen LogP contribution < -0.4 is 0 Å². The van der Waals surface area contributed by atoms with Gasteiger partial charge >= 0.3 is 5.24 Å². The molecular weight excluding hydrogens is 232 g/mol. The van der Waals surface area contributed by atoms with Crippen LogP contribution in [-0.4, -0.2) is 41.7 Å². The predicted octanol–water partition coefficient (Wildman–Crippen LogP) is 0.952. The second kappa shape index (κ2) is 3.29. The van der Waals surface area contributed by atoms with Crippen LogP contribution in [0.1, 0.15) is 20.8 Å². The van der Waals surface area contributed by atoms with Crippen molar-refractivity contribution in [3.8, 4) is 0 Å². The minimum Gasteiger partial charge on any atom is -0.451 e. The van der Waals surface area contributed by atoms with Crippen LogP contribution in [0.15, 0.2) is 0 Å². The lowest BCUT2D eigenvalue weighted by Gasteiger charge is -2.33. The van der Waals surface area contributed by atoms with Crippen LogP contribution in [0.4, 0.5) is 0 Å². The molecule has 0 aromatic carbocycles. The van der Waals surface area contributed by atoms with E-state index in [9.17, 15) is 0 Å². The molecule has 0 unspecified atom stereocenters. The van der Waals surface area contributed by atoms with E-state index in [2.05, 4.69) is 0 Å². The zero-order valence-electron chi connectivity index (χ0n) is 9.34. The van der Waals surface area contributed by atoms with Crippen LogP contribution in [-0.2, 0) is 23.7 Å². The number of hydrogen-bond acceptors (Lipinski definition) is 6. The van der Waals surface area contributed by atoms with Crippen LogP contribution in [0.3, 0.4) is 0 Å². The van der Waals surface area contributed by atoms with E-state index in [0.29, 0.717) is 0 Å². The van der Waals surface area contributed by atoms with Crippen molar-refractivity contribution in [2.45, 2.75) is 57.3 Å². The Balaban J connectivity index is 1.82. The fourth-order valence-corrected chi connectivity index (χ4v) is 2.64. The predicted molar refractivity (Wildman–Crippen MR) is 56.7 cm³/mol. The highest BCUT2D eigenvalue weighted by Crippen LogP contribution is 2.41. The Hall–Kier alpha value is -0.430. The summed E-state index contributed by atoms with van der Waals surface area (Å²) in [6, 6.07) is 0. The van der Waals surface area contributed by atoms with Crippen LogP contribution in [0, 0.1) is 0 Å². The Morgan fingerprint density at radius 1 is 1.06 bits per heavy atom. The van der Waals surface area contributed by atoms with Gasteiger partial charge in [-0.15, -0.1) is 0 Å². The molecule has 3 aliphatic heterocycles. The maximum absolute atomic E-state index is 5.75. The third kappa shape index (κ3) is 1.52. The summed E-state index contributed by atoms with van der Waals surface area (Å²) in [5.41, 5.74) is 0. The normalized spacial score (nSPS) is 49.2. The Morgan fingerprint density at radius 2 is 1.81 bits per heavy atom. The van der Waals surface area contributed by atoms with Gasteiger partial charge in [-0.3, -0.25) is 0 Å². The Morgan fingerprint density at radius 3 is 2.56 bits per heavy atom. The van der Waals surface area contributed by atoms with Gasteiger partial charge in [-0.2, -0.15) is 0 Å². The summed E-state index contributed by atoms with van der Waals surface area (Å²) < 4.78 is 27.9. The molecule has 0 amide bonds. The van der Waals surface area contributed by atoms with Crippen molar-refractivity contribution < 1.29 is 23.7 Å². The monoisotopic (exact) mass is 246 g/mol. The maximum Gasteiger partial charge on any atom is 0.353 e. The summed E-state index contributed by atoms with van der Waals surface area (Å²) >= 11 is 4.93. The molecule has 0 aromatic heterocycles. The highest BCUT2D eigenvalue weighted by Gasteiger charge is 2.59. The van der Waals surface area contributed by atoms with Crippen LogP contribution in [0.25, 0.3) is 0 Å². The first-order valence-corrected chi connectivity index (χ1v) is 5.75. The number of fused-ring (bicyclic) bond motifs is 3. The van der Waals surface area contributed by atoms with E-state index in [1.807, 2.05) is 20.8 Å². The molecule has 3 rings (SSSR count). The van der Waals surface area contributed by atoms with Crippen molar-refractivity contribution in [2.24, 2.45) is 0 Å². The second-order valence-electron chi connectivity index (χ2n) is 4.72. The SMILES string of the molecule is C[C@H]1OC(=S)O[C@@H]2[C@H]3OC(C)(C)O[C@H]3O[C@@H]21. The molecule has 3 saturated heterocycles. The minimum atomic E-state index is -0.632. The van der Waals surface area contributed by atoms with Crippen molar-refractivity contribution in [1.82, 2.24) is 0 Å². The lowest BCUT2D eigenvalue weighted by molar-refractivity contribution is -0.231. The van der Waals surface area contributed by atoms with Gasteiger partial charge in [0.05, 0.1) is 0 Å². The molecule has 3 aliphatic rings. The van der Waals surface area contributed by atoms with Crippen molar-refractivity contribution in [3.63, 3.8) is 0 Å². The molecule has 0 spiro atoms. The first-order chi connectivity index (χ1) is 7.46. The fourth-order valence-electron chi connectivity index (χ4n) is 2.37. The topological polar surface area (TPSA) is 46.2 Å². The highest BCUT2D eigenvalue weighted by molar-refractivity contribution is 7.79. The van der Waals surface area contributed by atoms with Gasteiger partial charge in [-0.1, -0.05) is 0 Å². The van der Waals surface area contributed by atoms with E-state index in [1.165, 1.54) is 0 Å². The van der Waals surface area contributed by atoms with Gasteiger partial charge in [0.15, 0.2) is 24.3 Å². The van der Waals surface area contributed by atoms with E-state index in [4.69, 9.17) is 35.9 Å². The van der Waals surface area contributed by atoms with Crippen molar-refractivity contribution in [1.29, 1.82) is 0 Å². The first-order valence-electron chi connectivity index (χ1n) is 5.35. The molecule has 6 heteroatoms. The summed E-state index contributed by atoms with van der Waals surface area (Å²) in [5, 5.41) is 0.159. The van der Waals surface area contributed by atoms with Crippen molar-refractivity contribution in [2.75, 3.05) is 0 Å². The average Bonchev–Trinajstić information content (AvgIpc) is 2.59. The average molecular weight is 246 g/mol. The van der Waals surface area contributed by atoms with Gasteiger partial charge in [0.25, 0.3) is 0 Å². The van der Waals surface area contributed by atoms with Gasteiger partial charge in [-0.05, 0) is 20.8 Å². The zero-order chi connectivity index (χ0) is 11.5. The summed E-state index contributed by atoms with van der Waals surface area (Å²) in [5.74, 6) is -0.632. The third-order valence-electron chi connectivity index (χ3n) is 3.00. The molecule has 0 aromatic rings. The molecule has 90 valence electrons. The molecule has 0 saturated carbocycles. The Labute approximate surface area is 98.9 Å². The maximum atomic E-state index is 5.75. The minimum absolute atomic E-state index is 0.132. The van der Waals surface area contributed by atoms with E-state index in [0.717, 1.165) is 0 Å². The van der Waals surface area contributed by atoms with Gasteiger partial charge < -0.3 is 23.7 Å². The molecule has 3 fully saturated rings. The zero-order valence-corrected chi connectivity index (χ0v) is 10.2. The quantitative estimate of drug-likeness (QED) is 0.593. The van der Waals surface area contributed by atoms with Crippen molar-refractivity contribution in [3.05, 3.63) is 0 Å². The number of hydrogen-bond donors (Lipinski definition) is 0. The summed E-state index contributed by atoms with van der Waals surface area (Å²) in [4.78, 5) is 0. The van der Waals surface area contributed by atoms with E-state index >= 15 is 0 Å². The molecule has 0 bridgehead atoms. The fraction of sp³-hybridized carbons (Fsp3) is 0.900. The molecular formula is C10H14O5S. The number of thiocarbonyl (C=S) groups is 1. The summed E-state index contributed by atoms with van der Waals surface area (Å²) in [6.07, 6.45) is -1.17. The molecule has 5 nitrogen and oxygen atoms in total. The van der Waals surface area contributed by atoms with Crippen LogP contribution in [0.2, 0.25) is 0 Å². The van der Waals surface area contributed by atoms with Gasteiger partial charge in [0.1, 0.15) is 12.2 Å². The smallest absolute Gasteiger partial charge is 0.353 e. The van der Waals surface area contributed by atoms with Gasteiger partial charge in [0, 0.05) is 12.2 Å². The van der Waals surface area contributed by atoms with Crippen LogP contribution >= 0.6 is 12.2 Å². The molecule has 16 heavy (non-hydrogen) atoms. The van der Waals surface area contributed by atoms with E-state index < -0.39 is 12.1 Å². The molecule has 0 radical (unpaired) electrons. The molecule has 0 N–H and O–H groups in total. The summed E-state index contributed by atoms with van der Waals surface area (Å²) in [6.45, 7) is 5.61. The Bertz CT molecular complexity index is 331. The van der Waals surface area contributed by atoms with Crippen molar-refractivity contribution >= 4 is 17.5 Å². The largest absolute Gasteiger partial charge is 0.451 e. The van der Waals surface area contributed by atoms with E-state index in [1.54, 1.807) is 0 Å². The highest BCUT2D eigenvalue weighted by atomic mass is 32.1. The van der Waals surface area contributed by atoms with Gasteiger partial charge in [0.2, 0.25) is 0 Å². The molecule has 3 heterocycles.